The zero-order chi connectivity index (χ0) is 18.8. The third-order valence-corrected chi connectivity index (χ3v) is 5.82. The molecule has 0 saturated heterocycles. The normalized spacial score (nSPS) is 23.0. The van der Waals surface area contributed by atoms with Gasteiger partial charge in [-0.15, -0.1) is 0 Å². The molecule has 25 heavy (non-hydrogen) atoms. The van der Waals surface area contributed by atoms with Gasteiger partial charge in [-0.25, -0.2) is 4.79 Å². The fourth-order valence-electron chi connectivity index (χ4n) is 3.70. The molecule has 2 rings (SSSR count). The van der Waals surface area contributed by atoms with E-state index in [2.05, 4.69) is 67.2 Å². The first kappa shape index (κ1) is 20.0. The Balaban J connectivity index is 2.30. The summed E-state index contributed by atoms with van der Waals surface area (Å²) in [4.78, 5) is 11.3. The zero-order valence-electron chi connectivity index (χ0n) is 15.6. The topological polar surface area (TPSA) is 58.6 Å². The SMILES string of the molecule is COCC=Cc1cc(CC2(NC(=O)O)CC2C(C)(C)C)cc(Br)c1C. The van der Waals surface area contributed by atoms with Crippen molar-refractivity contribution in [2.45, 2.75) is 46.1 Å². The molecule has 0 aromatic heterocycles. The molecule has 0 aliphatic heterocycles. The molecule has 2 N–H and O–H groups in total. The van der Waals surface area contributed by atoms with Crippen LogP contribution in [0.25, 0.3) is 6.08 Å². The Morgan fingerprint density at radius 1 is 1.48 bits per heavy atom. The molecule has 2 atom stereocenters. The summed E-state index contributed by atoms with van der Waals surface area (Å²) in [5, 5.41) is 12.1. The van der Waals surface area contributed by atoms with Crippen LogP contribution in [0.3, 0.4) is 0 Å². The Morgan fingerprint density at radius 2 is 2.16 bits per heavy atom. The number of ether oxygens (including phenoxy) is 1. The van der Waals surface area contributed by atoms with E-state index in [0.717, 1.165) is 22.0 Å². The van der Waals surface area contributed by atoms with Gasteiger partial charge in [-0.1, -0.05) is 54.9 Å². The molecule has 138 valence electrons. The fourth-order valence-corrected chi connectivity index (χ4v) is 4.22. The van der Waals surface area contributed by atoms with E-state index in [-0.39, 0.29) is 11.0 Å². The second kappa shape index (κ2) is 7.50. The molecule has 0 spiro atoms. The maximum Gasteiger partial charge on any atom is 0.405 e. The van der Waals surface area contributed by atoms with Gasteiger partial charge < -0.3 is 15.2 Å². The van der Waals surface area contributed by atoms with Crippen molar-refractivity contribution in [2.24, 2.45) is 11.3 Å². The van der Waals surface area contributed by atoms with Gasteiger partial charge in [0.2, 0.25) is 0 Å². The number of carbonyl (C=O) groups is 1. The number of amides is 1. The number of halogens is 1. The largest absolute Gasteiger partial charge is 0.465 e. The lowest BCUT2D eigenvalue weighted by Crippen LogP contribution is -2.41. The first-order chi connectivity index (χ1) is 11.6. The highest BCUT2D eigenvalue weighted by molar-refractivity contribution is 9.10. The third kappa shape index (κ3) is 4.85. The molecule has 1 aromatic rings. The number of hydrogen-bond acceptors (Lipinski definition) is 2. The van der Waals surface area contributed by atoms with Crippen molar-refractivity contribution in [3.63, 3.8) is 0 Å². The Bertz CT molecular complexity index is 678. The van der Waals surface area contributed by atoms with Crippen LogP contribution in [0.2, 0.25) is 0 Å². The standard InChI is InChI=1S/C20H28BrNO3/c1-13-15(7-6-8-25-5)9-14(10-16(13)21)11-20(22-18(23)24)12-17(20)19(2,3)4/h6-7,9-10,17,22H,8,11-12H2,1-5H3,(H,23,24). The minimum absolute atomic E-state index is 0.0750. The van der Waals surface area contributed by atoms with E-state index in [4.69, 9.17) is 4.74 Å². The number of rotatable bonds is 6. The molecule has 1 amide bonds. The highest BCUT2D eigenvalue weighted by atomic mass is 79.9. The highest BCUT2D eigenvalue weighted by Crippen LogP contribution is 2.55. The van der Waals surface area contributed by atoms with Crippen LogP contribution in [-0.2, 0) is 11.2 Å². The van der Waals surface area contributed by atoms with Crippen LogP contribution in [0.4, 0.5) is 4.79 Å². The molecule has 0 heterocycles. The molecule has 1 aromatic carbocycles. The van der Waals surface area contributed by atoms with Gasteiger partial charge in [-0.2, -0.15) is 0 Å². The summed E-state index contributed by atoms with van der Waals surface area (Å²) >= 11 is 3.64. The molecular formula is C20H28BrNO3. The molecule has 1 aliphatic carbocycles. The maximum atomic E-state index is 11.3. The van der Waals surface area contributed by atoms with Gasteiger partial charge in [0.1, 0.15) is 0 Å². The molecule has 1 saturated carbocycles. The van der Waals surface area contributed by atoms with Crippen LogP contribution >= 0.6 is 15.9 Å². The molecule has 4 nitrogen and oxygen atoms in total. The Morgan fingerprint density at radius 3 is 2.68 bits per heavy atom. The maximum absolute atomic E-state index is 11.3. The number of nitrogens with one attached hydrogen (secondary N) is 1. The first-order valence-corrected chi connectivity index (χ1v) is 9.34. The van der Waals surface area contributed by atoms with Gasteiger partial charge in [0.25, 0.3) is 0 Å². The van der Waals surface area contributed by atoms with Gasteiger partial charge in [0.15, 0.2) is 0 Å². The summed E-state index contributed by atoms with van der Waals surface area (Å²) in [5.74, 6) is 0.337. The minimum atomic E-state index is -0.946. The van der Waals surface area contributed by atoms with E-state index in [0.29, 0.717) is 18.9 Å². The van der Waals surface area contributed by atoms with Crippen molar-refractivity contribution in [2.75, 3.05) is 13.7 Å². The van der Waals surface area contributed by atoms with Gasteiger partial charge in [0.05, 0.1) is 12.1 Å². The van der Waals surface area contributed by atoms with Gasteiger partial charge in [-0.3, -0.25) is 0 Å². The predicted octanol–water partition coefficient (Wildman–Crippen LogP) is 5.03. The third-order valence-electron chi connectivity index (χ3n) is 5.00. The summed E-state index contributed by atoms with van der Waals surface area (Å²) in [6.45, 7) is 9.16. The van der Waals surface area contributed by atoms with Crippen LogP contribution in [0.15, 0.2) is 22.7 Å². The summed E-state index contributed by atoms with van der Waals surface area (Å²) in [6.07, 6.45) is 4.67. The monoisotopic (exact) mass is 409 g/mol. The van der Waals surface area contributed by atoms with Crippen molar-refractivity contribution in [3.05, 3.63) is 39.4 Å². The van der Waals surface area contributed by atoms with Crippen molar-refractivity contribution >= 4 is 28.1 Å². The summed E-state index contributed by atoms with van der Waals surface area (Å²) in [5.41, 5.74) is 3.13. The average molecular weight is 410 g/mol. The second-order valence-corrected chi connectivity index (χ2v) is 8.89. The lowest BCUT2D eigenvalue weighted by molar-refractivity contribution is 0.182. The van der Waals surface area contributed by atoms with Gasteiger partial charge in [0, 0.05) is 11.6 Å². The molecule has 2 unspecified atom stereocenters. The highest BCUT2D eigenvalue weighted by Gasteiger charge is 2.59. The van der Waals surface area contributed by atoms with Gasteiger partial charge in [-0.05, 0) is 53.9 Å². The van der Waals surface area contributed by atoms with E-state index in [1.54, 1.807) is 7.11 Å². The first-order valence-electron chi connectivity index (χ1n) is 8.54. The van der Waals surface area contributed by atoms with E-state index in [9.17, 15) is 9.90 Å². The number of carboxylic acid groups (broad SMARTS) is 1. The molecule has 0 radical (unpaired) electrons. The molecule has 5 heteroatoms. The average Bonchev–Trinajstić information content (AvgIpc) is 3.17. The van der Waals surface area contributed by atoms with E-state index >= 15 is 0 Å². The van der Waals surface area contributed by atoms with Crippen molar-refractivity contribution in [1.29, 1.82) is 0 Å². The molecule has 1 aliphatic rings. The lowest BCUT2D eigenvalue weighted by Gasteiger charge is -2.25. The van der Waals surface area contributed by atoms with Crippen LogP contribution in [0, 0.1) is 18.3 Å². The van der Waals surface area contributed by atoms with E-state index in [1.807, 2.05) is 6.08 Å². The Kier molecular flexibility index (Phi) is 6.00. The summed E-state index contributed by atoms with van der Waals surface area (Å²) < 4.78 is 6.12. The van der Waals surface area contributed by atoms with Crippen molar-refractivity contribution in [1.82, 2.24) is 5.32 Å². The van der Waals surface area contributed by atoms with Crippen LogP contribution in [0.1, 0.15) is 43.9 Å². The fraction of sp³-hybridized carbons (Fsp3) is 0.550. The van der Waals surface area contributed by atoms with Gasteiger partial charge >= 0.3 is 6.09 Å². The summed E-state index contributed by atoms with van der Waals surface area (Å²) in [7, 11) is 1.67. The Hall–Kier alpha value is -1.33. The second-order valence-electron chi connectivity index (χ2n) is 8.04. The minimum Gasteiger partial charge on any atom is -0.465 e. The molecule has 0 bridgehead atoms. The van der Waals surface area contributed by atoms with Crippen molar-refractivity contribution < 1.29 is 14.6 Å². The van der Waals surface area contributed by atoms with Crippen LogP contribution in [-0.4, -0.2) is 30.5 Å². The lowest BCUT2D eigenvalue weighted by atomic mass is 9.85. The number of benzene rings is 1. The number of methoxy groups -OCH3 is 1. The molecule has 1 fully saturated rings. The Labute approximate surface area is 158 Å². The van der Waals surface area contributed by atoms with E-state index < -0.39 is 6.09 Å². The van der Waals surface area contributed by atoms with Crippen molar-refractivity contribution in [3.8, 4) is 0 Å². The quantitative estimate of drug-likeness (QED) is 0.692. The van der Waals surface area contributed by atoms with Crippen LogP contribution in [0.5, 0.6) is 0 Å². The predicted molar refractivity (Wildman–Crippen MR) is 105 cm³/mol. The smallest absolute Gasteiger partial charge is 0.405 e. The summed E-state index contributed by atoms with van der Waals surface area (Å²) in [6, 6.07) is 4.25. The molecular weight excluding hydrogens is 382 g/mol. The number of hydrogen-bond donors (Lipinski definition) is 2. The van der Waals surface area contributed by atoms with Crippen LogP contribution < -0.4 is 5.32 Å². The van der Waals surface area contributed by atoms with E-state index in [1.165, 1.54) is 5.56 Å². The zero-order valence-corrected chi connectivity index (χ0v) is 17.2.